The first-order chi connectivity index (χ1) is 11.8. The van der Waals surface area contributed by atoms with Gasteiger partial charge < -0.3 is 0 Å². The van der Waals surface area contributed by atoms with E-state index in [1.807, 2.05) is 0 Å². The van der Waals surface area contributed by atoms with Crippen LogP contribution in [0.15, 0.2) is 60.8 Å². The molecule has 1 nitrogen and oxygen atoms in total. The minimum atomic E-state index is -1.96. The van der Waals surface area contributed by atoms with Gasteiger partial charge >= 0.3 is 153 Å². The summed E-state index contributed by atoms with van der Waals surface area (Å²) in [5.41, 5.74) is 7.95. The molecule has 4 rings (SSSR count). The molecule has 0 spiro atoms. The normalized spacial score (nSPS) is 14.9. The molecule has 1 heterocycles. The van der Waals surface area contributed by atoms with Crippen LogP contribution in [0.4, 0.5) is 0 Å². The van der Waals surface area contributed by atoms with Crippen molar-refractivity contribution in [3.8, 4) is 22.4 Å². The Balaban J connectivity index is 1.95. The summed E-state index contributed by atoms with van der Waals surface area (Å²) in [4.78, 5) is 4.79. The summed E-state index contributed by atoms with van der Waals surface area (Å²) in [5.74, 6) is 7.47. The third kappa shape index (κ3) is 2.57. The Hall–Kier alpha value is -1.87. The molecule has 0 saturated heterocycles. The van der Waals surface area contributed by atoms with Gasteiger partial charge in [-0.2, -0.15) is 0 Å². The Labute approximate surface area is 153 Å². The van der Waals surface area contributed by atoms with E-state index < -0.39 is 13.3 Å². The molecule has 0 atom stereocenters. The van der Waals surface area contributed by atoms with Gasteiger partial charge in [-0.3, -0.25) is 0 Å². The SMILES string of the molecule is CC1(C)c2cc(-c3ccccc3)ncc2-c2ccc[c]([Ge]([CH3])([CH3])[CH3])c21. The number of rotatable bonds is 2. The fraction of sp³-hybridized carbons (Fsp3) is 0.261. The Morgan fingerprint density at radius 3 is 2.24 bits per heavy atom. The molecule has 0 amide bonds. The second-order valence-corrected chi connectivity index (χ2v) is 19.2. The molecule has 2 aromatic carbocycles. The molecule has 1 aliphatic carbocycles. The zero-order chi connectivity index (χ0) is 17.8. The van der Waals surface area contributed by atoms with E-state index in [-0.39, 0.29) is 5.41 Å². The third-order valence-electron chi connectivity index (χ3n) is 5.43. The molecule has 126 valence electrons. The molecule has 0 bridgehead atoms. The maximum atomic E-state index is 4.79. The van der Waals surface area contributed by atoms with E-state index in [1.54, 1.807) is 9.96 Å². The van der Waals surface area contributed by atoms with Crippen LogP contribution in [-0.2, 0) is 5.41 Å². The third-order valence-corrected chi connectivity index (χ3v) is 9.70. The number of benzene rings is 2. The van der Waals surface area contributed by atoms with E-state index in [2.05, 4.69) is 91.9 Å². The number of pyridine rings is 1. The standard InChI is InChI=1S/C23H25GeN/c1-23(2)19-14-21(16-10-7-6-8-11-16)25-15-18(19)17-12-9-13-20(22(17)23)24(3,4)5/h6-15H,1-5H3. The molecule has 3 aromatic rings. The van der Waals surface area contributed by atoms with Gasteiger partial charge in [0.2, 0.25) is 0 Å². The molecule has 0 radical (unpaired) electrons. The zero-order valence-corrected chi connectivity index (χ0v) is 17.8. The Kier molecular flexibility index (Phi) is 3.70. The number of hydrogen-bond donors (Lipinski definition) is 0. The number of nitrogens with zero attached hydrogens (tertiary/aromatic N) is 1. The Morgan fingerprint density at radius 1 is 0.840 bits per heavy atom. The molecule has 2 heteroatoms. The van der Waals surface area contributed by atoms with Gasteiger partial charge in [0.15, 0.2) is 0 Å². The first kappa shape index (κ1) is 16.6. The van der Waals surface area contributed by atoms with Crippen LogP contribution in [0.25, 0.3) is 22.4 Å². The Bertz CT molecular complexity index is 950. The second-order valence-electron chi connectivity index (χ2n) is 8.58. The van der Waals surface area contributed by atoms with Gasteiger partial charge in [0.05, 0.1) is 0 Å². The van der Waals surface area contributed by atoms with Crippen LogP contribution in [-0.4, -0.2) is 18.3 Å². The van der Waals surface area contributed by atoms with Crippen molar-refractivity contribution in [2.24, 2.45) is 0 Å². The van der Waals surface area contributed by atoms with Crippen molar-refractivity contribution >= 4 is 17.7 Å². The average Bonchev–Trinajstić information content (AvgIpc) is 2.82. The van der Waals surface area contributed by atoms with Gasteiger partial charge in [-0.05, 0) is 0 Å². The van der Waals surface area contributed by atoms with Gasteiger partial charge in [0.1, 0.15) is 0 Å². The average molecular weight is 388 g/mol. The molecule has 0 aliphatic heterocycles. The van der Waals surface area contributed by atoms with Crippen molar-refractivity contribution in [2.75, 3.05) is 0 Å². The van der Waals surface area contributed by atoms with Crippen molar-refractivity contribution in [3.05, 3.63) is 71.9 Å². The molecule has 1 aromatic heterocycles. The molecule has 0 unspecified atom stereocenters. The predicted octanol–water partition coefficient (Wildman–Crippen LogP) is 5.60. The summed E-state index contributed by atoms with van der Waals surface area (Å²) < 4.78 is 1.62. The van der Waals surface area contributed by atoms with E-state index >= 15 is 0 Å². The second kappa shape index (κ2) is 5.57. The minimum absolute atomic E-state index is 0.0340. The maximum absolute atomic E-state index is 4.79. The fourth-order valence-corrected chi connectivity index (χ4v) is 7.93. The predicted molar refractivity (Wildman–Crippen MR) is 110 cm³/mol. The topological polar surface area (TPSA) is 12.9 Å². The van der Waals surface area contributed by atoms with Crippen LogP contribution in [0.3, 0.4) is 0 Å². The molecule has 1 aliphatic rings. The van der Waals surface area contributed by atoms with Crippen LogP contribution in [0.1, 0.15) is 25.0 Å². The van der Waals surface area contributed by atoms with Crippen molar-refractivity contribution in [1.29, 1.82) is 0 Å². The van der Waals surface area contributed by atoms with Crippen LogP contribution >= 0.6 is 0 Å². The summed E-state index contributed by atoms with van der Waals surface area (Å²) in [7, 11) is 0. The van der Waals surface area contributed by atoms with Crippen LogP contribution in [0.2, 0.25) is 17.3 Å². The monoisotopic (exact) mass is 389 g/mol. The van der Waals surface area contributed by atoms with Crippen molar-refractivity contribution in [1.82, 2.24) is 4.98 Å². The van der Waals surface area contributed by atoms with E-state index in [0.29, 0.717) is 0 Å². The summed E-state index contributed by atoms with van der Waals surface area (Å²) in [5, 5.41) is 0. The fourth-order valence-electron chi connectivity index (χ4n) is 4.16. The van der Waals surface area contributed by atoms with E-state index in [0.717, 1.165) is 5.69 Å². The number of aromatic nitrogens is 1. The molecule has 0 saturated carbocycles. The van der Waals surface area contributed by atoms with Crippen molar-refractivity contribution < 1.29 is 0 Å². The first-order valence-corrected chi connectivity index (χ1v) is 16.3. The van der Waals surface area contributed by atoms with Gasteiger partial charge in [0.25, 0.3) is 0 Å². The number of hydrogen-bond acceptors (Lipinski definition) is 1. The van der Waals surface area contributed by atoms with Crippen molar-refractivity contribution in [3.63, 3.8) is 0 Å². The van der Waals surface area contributed by atoms with E-state index in [4.69, 9.17) is 4.98 Å². The van der Waals surface area contributed by atoms with Gasteiger partial charge in [0, 0.05) is 0 Å². The Morgan fingerprint density at radius 2 is 1.56 bits per heavy atom. The van der Waals surface area contributed by atoms with Crippen LogP contribution in [0, 0.1) is 0 Å². The van der Waals surface area contributed by atoms with Gasteiger partial charge in [-0.25, -0.2) is 0 Å². The molecule has 25 heavy (non-hydrogen) atoms. The molecule has 0 N–H and O–H groups in total. The summed E-state index contributed by atoms with van der Waals surface area (Å²) >= 11 is -1.96. The zero-order valence-electron chi connectivity index (χ0n) is 15.7. The van der Waals surface area contributed by atoms with Gasteiger partial charge in [-0.1, -0.05) is 0 Å². The molecular weight excluding hydrogens is 363 g/mol. The van der Waals surface area contributed by atoms with E-state index in [9.17, 15) is 0 Å². The van der Waals surface area contributed by atoms with Crippen LogP contribution in [0.5, 0.6) is 0 Å². The quantitative estimate of drug-likeness (QED) is 0.521. The first-order valence-electron chi connectivity index (χ1n) is 9.00. The summed E-state index contributed by atoms with van der Waals surface area (Å²) in [6.45, 7) is 4.76. The molecular formula is C23H25GeN. The van der Waals surface area contributed by atoms with Crippen molar-refractivity contribution in [2.45, 2.75) is 36.5 Å². The number of fused-ring (bicyclic) bond motifs is 3. The van der Waals surface area contributed by atoms with Gasteiger partial charge in [-0.15, -0.1) is 0 Å². The van der Waals surface area contributed by atoms with Crippen LogP contribution < -0.4 is 4.40 Å². The van der Waals surface area contributed by atoms with E-state index in [1.165, 1.54) is 22.3 Å². The molecule has 0 fully saturated rings. The summed E-state index contributed by atoms with van der Waals surface area (Å²) in [6, 6.07) is 19.7. The summed E-state index contributed by atoms with van der Waals surface area (Å²) in [6.07, 6.45) is 2.09.